The molecule has 0 radical (unpaired) electrons. The molecule has 7 nitrogen and oxygen atoms in total. The lowest BCUT2D eigenvalue weighted by Gasteiger charge is -2.36. The average molecular weight is 394 g/mol. The van der Waals surface area contributed by atoms with Crippen molar-refractivity contribution in [2.24, 2.45) is 5.92 Å². The maximum Gasteiger partial charge on any atom is 0.317 e. The van der Waals surface area contributed by atoms with E-state index in [9.17, 15) is 14.4 Å². The van der Waals surface area contributed by atoms with Crippen LogP contribution >= 0.6 is 11.6 Å². The number of aliphatic carboxylic acids is 1. The maximum absolute atomic E-state index is 12.5. The molecular formula is C19H24ClN3O4. The van der Waals surface area contributed by atoms with Gasteiger partial charge in [0.25, 0.3) is 5.91 Å². The highest BCUT2D eigenvalue weighted by Crippen LogP contribution is 2.24. The third-order valence-electron chi connectivity index (χ3n) is 5.33. The first-order valence-electron chi connectivity index (χ1n) is 9.27. The molecule has 1 heterocycles. The molecule has 27 heavy (non-hydrogen) atoms. The molecule has 2 N–H and O–H groups in total. The van der Waals surface area contributed by atoms with E-state index in [1.807, 2.05) is 0 Å². The summed E-state index contributed by atoms with van der Waals surface area (Å²) in [5.74, 6) is -1.12. The number of carbonyl (C=O) groups is 3. The van der Waals surface area contributed by atoms with Crippen molar-refractivity contribution in [3.8, 4) is 0 Å². The fourth-order valence-electron chi connectivity index (χ4n) is 3.67. The van der Waals surface area contributed by atoms with Crippen LogP contribution < -0.4 is 5.32 Å². The Bertz CT molecular complexity index is 711. The third-order valence-corrected chi connectivity index (χ3v) is 5.56. The van der Waals surface area contributed by atoms with Crippen LogP contribution in [0.25, 0.3) is 0 Å². The van der Waals surface area contributed by atoms with E-state index < -0.39 is 5.97 Å². The van der Waals surface area contributed by atoms with Gasteiger partial charge in [0, 0.05) is 42.8 Å². The highest BCUT2D eigenvalue weighted by Gasteiger charge is 2.29. The summed E-state index contributed by atoms with van der Waals surface area (Å²) < 4.78 is 0. The molecule has 8 heteroatoms. The van der Waals surface area contributed by atoms with Crippen LogP contribution in [-0.4, -0.2) is 65.0 Å². The van der Waals surface area contributed by atoms with Gasteiger partial charge in [-0.15, -0.1) is 0 Å². The zero-order chi connectivity index (χ0) is 19.4. The Labute approximate surface area is 163 Å². The quantitative estimate of drug-likeness (QED) is 0.825. The number of piperazine rings is 1. The number of carboxylic acids is 1. The number of hydrogen-bond donors (Lipinski definition) is 2. The van der Waals surface area contributed by atoms with Crippen molar-refractivity contribution >= 4 is 29.5 Å². The summed E-state index contributed by atoms with van der Waals surface area (Å²) >= 11 is 5.95. The summed E-state index contributed by atoms with van der Waals surface area (Å²) in [6, 6.07) is 6.75. The van der Waals surface area contributed by atoms with Gasteiger partial charge in [-0.05, 0) is 43.9 Å². The zero-order valence-corrected chi connectivity index (χ0v) is 15.8. The molecule has 3 amide bonds. The Balaban J connectivity index is 1.45. The minimum Gasteiger partial charge on any atom is -0.481 e. The molecular weight excluding hydrogens is 370 g/mol. The van der Waals surface area contributed by atoms with Crippen LogP contribution in [0.5, 0.6) is 0 Å². The molecule has 0 unspecified atom stereocenters. The van der Waals surface area contributed by atoms with Crippen LogP contribution in [-0.2, 0) is 4.79 Å². The molecule has 1 saturated carbocycles. The van der Waals surface area contributed by atoms with Gasteiger partial charge in [-0.2, -0.15) is 0 Å². The molecule has 1 aliphatic carbocycles. The Morgan fingerprint density at radius 3 is 2.22 bits per heavy atom. The molecule has 1 aromatic carbocycles. The number of amides is 3. The van der Waals surface area contributed by atoms with Crippen molar-refractivity contribution in [2.45, 2.75) is 31.7 Å². The first-order valence-corrected chi connectivity index (χ1v) is 9.65. The highest BCUT2D eigenvalue weighted by atomic mass is 35.5. The lowest BCUT2D eigenvalue weighted by molar-refractivity contribution is -0.142. The van der Waals surface area contributed by atoms with Gasteiger partial charge in [0.15, 0.2) is 0 Å². The number of benzene rings is 1. The first-order chi connectivity index (χ1) is 12.9. The molecule has 0 atom stereocenters. The lowest BCUT2D eigenvalue weighted by Crippen LogP contribution is -2.54. The number of rotatable bonds is 3. The summed E-state index contributed by atoms with van der Waals surface area (Å²) in [5.41, 5.74) is 0.551. The molecule has 0 spiro atoms. The Morgan fingerprint density at radius 2 is 1.63 bits per heavy atom. The second-order valence-electron chi connectivity index (χ2n) is 7.13. The van der Waals surface area contributed by atoms with E-state index in [4.69, 9.17) is 16.7 Å². The van der Waals surface area contributed by atoms with E-state index >= 15 is 0 Å². The molecule has 2 fully saturated rings. The van der Waals surface area contributed by atoms with E-state index in [0.29, 0.717) is 62.4 Å². The number of halogens is 1. The number of urea groups is 1. The maximum atomic E-state index is 12.5. The van der Waals surface area contributed by atoms with Gasteiger partial charge >= 0.3 is 12.0 Å². The van der Waals surface area contributed by atoms with Crippen LogP contribution in [0.3, 0.4) is 0 Å². The number of nitrogens with one attached hydrogen (secondary N) is 1. The van der Waals surface area contributed by atoms with E-state index in [2.05, 4.69) is 5.32 Å². The van der Waals surface area contributed by atoms with Crippen molar-refractivity contribution in [3.63, 3.8) is 0 Å². The smallest absolute Gasteiger partial charge is 0.317 e. The molecule has 2 aliphatic rings. The molecule has 3 rings (SSSR count). The Hall–Kier alpha value is -2.28. The molecule has 1 aromatic rings. The van der Waals surface area contributed by atoms with Gasteiger partial charge in [0.1, 0.15) is 0 Å². The standard InChI is InChI=1S/C19H24ClN3O4/c20-15-3-1-2-14(12-15)17(24)22-8-10-23(11-9-22)19(27)21-16-6-4-13(5-7-16)18(25)26/h1-3,12-13,16H,4-11H2,(H,21,27)(H,25,26). The van der Waals surface area contributed by atoms with Crippen molar-refractivity contribution in [3.05, 3.63) is 34.9 Å². The minimum atomic E-state index is -0.750. The molecule has 0 bridgehead atoms. The number of hydrogen-bond acceptors (Lipinski definition) is 3. The monoisotopic (exact) mass is 393 g/mol. The Kier molecular flexibility index (Phi) is 6.21. The predicted molar refractivity (Wildman–Crippen MR) is 101 cm³/mol. The summed E-state index contributed by atoms with van der Waals surface area (Å²) in [5, 5.41) is 12.6. The zero-order valence-electron chi connectivity index (χ0n) is 15.1. The van der Waals surface area contributed by atoms with E-state index in [1.54, 1.807) is 34.1 Å². The number of nitrogens with zero attached hydrogens (tertiary/aromatic N) is 2. The van der Waals surface area contributed by atoms with Crippen LogP contribution in [0.4, 0.5) is 4.79 Å². The predicted octanol–water partition coefficient (Wildman–Crippen LogP) is 2.45. The van der Waals surface area contributed by atoms with Crippen LogP contribution in [0.1, 0.15) is 36.0 Å². The van der Waals surface area contributed by atoms with Crippen molar-refractivity contribution in [1.29, 1.82) is 0 Å². The minimum absolute atomic E-state index is 0.0271. The van der Waals surface area contributed by atoms with Gasteiger partial charge in [0.05, 0.1) is 5.92 Å². The average Bonchev–Trinajstić information content (AvgIpc) is 2.68. The SMILES string of the molecule is O=C(O)C1CCC(NC(=O)N2CCN(C(=O)c3cccc(Cl)c3)CC2)CC1. The summed E-state index contributed by atoms with van der Waals surface area (Å²) in [4.78, 5) is 39.4. The third kappa shape index (κ3) is 4.91. The normalized spacial score (nSPS) is 23.0. The largest absolute Gasteiger partial charge is 0.481 e. The lowest BCUT2D eigenvalue weighted by atomic mass is 9.86. The molecule has 0 aromatic heterocycles. The summed E-state index contributed by atoms with van der Waals surface area (Å²) in [6.07, 6.45) is 2.58. The summed E-state index contributed by atoms with van der Waals surface area (Å²) in [6.45, 7) is 1.90. The Morgan fingerprint density at radius 1 is 1.00 bits per heavy atom. The van der Waals surface area contributed by atoms with Crippen molar-refractivity contribution < 1.29 is 19.5 Å². The van der Waals surface area contributed by atoms with Gasteiger partial charge in [0.2, 0.25) is 0 Å². The number of carbonyl (C=O) groups excluding carboxylic acids is 2. The van der Waals surface area contributed by atoms with Gasteiger partial charge in [-0.1, -0.05) is 17.7 Å². The van der Waals surface area contributed by atoms with Crippen LogP contribution in [0.15, 0.2) is 24.3 Å². The second-order valence-corrected chi connectivity index (χ2v) is 7.56. The van der Waals surface area contributed by atoms with Gasteiger partial charge < -0.3 is 20.2 Å². The van der Waals surface area contributed by atoms with Crippen molar-refractivity contribution in [1.82, 2.24) is 15.1 Å². The van der Waals surface area contributed by atoms with E-state index in [1.165, 1.54) is 0 Å². The second kappa shape index (κ2) is 8.61. The van der Waals surface area contributed by atoms with Crippen LogP contribution in [0.2, 0.25) is 5.02 Å². The molecule has 1 aliphatic heterocycles. The fraction of sp³-hybridized carbons (Fsp3) is 0.526. The van der Waals surface area contributed by atoms with E-state index in [-0.39, 0.29) is 23.9 Å². The summed E-state index contributed by atoms with van der Waals surface area (Å²) in [7, 11) is 0. The van der Waals surface area contributed by atoms with Gasteiger partial charge in [-0.3, -0.25) is 9.59 Å². The van der Waals surface area contributed by atoms with Gasteiger partial charge in [-0.25, -0.2) is 4.79 Å². The fourth-order valence-corrected chi connectivity index (χ4v) is 3.86. The number of carboxylic acid groups (broad SMARTS) is 1. The molecule has 146 valence electrons. The topological polar surface area (TPSA) is 89.9 Å². The highest BCUT2D eigenvalue weighted by molar-refractivity contribution is 6.30. The van der Waals surface area contributed by atoms with Crippen LogP contribution in [0, 0.1) is 5.92 Å². The first kappa shape index (κ1) is 19.5. The van der Waals surface area contributed by atoms with Crippen molar-refractivity contribution in [2.75, 3.05) is 26.2 Å². The van der Waals surface area contributed by atoms with E-state index in [0.717, 1.165) is 0 Å². The molecule has 1 saturated heterocycles.